The van der Waals surface area contributed by atoms with E-state index >= 15 is 0 Å². The number of piperazine rings is 1. The molecule has 0 atom stereocenters. The number of nitrogens with one attached hydrogen (secondary N) is 1. The van der Waals surface area contributed by atoms with Gasteiger partial charge in [-0.25, -0.2) is 0 Å². The van der Waals surface area contributed by atoms with E-state index < -0.39 is 0 Å². The molecule has 2 aliphatic heterocycles. The van der Waals surface area contributed by atoms with Crippen LogP contribution < -0.4 is 10.2 Å². The largest absolute Gasteiger partial charge is 0.369 e. The number of anilines is 1. The van der Waals surface area contributed by atoms with Gasteiger partial charge in [-0.05, 0) is 38.1 Å². The summed E-state index contributed by atoms with van der Waals surface area (Å²) in [6.45, 7) is 19.4. The van der Waals surface area contributed by atoms with Crippen LogP contribution in [0.2, 0.25) is 0 Å². The minimum absolute atomic E-state index is 0.823. The van der Waals surface area contributed by atoms with E-state index in [0.717, 1.165) is 6.04 Å². The zero-order valence-corrected chi connectivity index (χ0v) is 17.7. The van der Waals surface area contributed by atoms with Gasteiger partial charge < -0.3 is 10.2 Å². The SMILES string of the molecule is CC.CC.CCC.c1ccc(N2CCN(C3CCNCC3)CC2)cc1. The van der Waals surface area contributed by atoms with Crippen molar-refractivity contribution in [2.75, 3.05) is 44.2 Å². The number of hydrogen-bond acceptors (Lipinski definition) is 3. The smallest absolute Gasteiger partial charge is 0.0367 e. The molecule has 2 aliphatic rings. The van der Waals surface area contributed by atoms with E-state index in [9.17, 15) is 0 Å². The molecule has 1 aromatic carbocycles. The number of rotatable bonds is 2. The molecule has 2 saturated heterocycles. The molecule has 146 valence electrons. The zero-order chi connectivity index (χ0) is 18.9. The molecular weight excluding hydrogens is 306 g/mol. The zero-order valence-electron chi connectivity index (χ0n) is 17.7. The Kier molecular flexibility index (Phi) is 15.7. The summed E-state index contributed by atoms with van der Waals surface area (Å²) in [6, 6.07) is 11.6. The number of benzene rings is 1. The van der Waals surface area contributed by atoms with Gasteiger partial charge in [-0.2, -0.15) is 0 Å². The van der Waals surface area contributed by atoms with E-state index in [1.807, 2.05) is 27.7 Å². The van der Waals surface area contributed by atoms with Crippen LogP contribution in [0.15, 0.2) is 30.3 Å². The summed E-state index contributed by atoms with van der Waals surface area (Å²) in [5.41, 5.74) is 1.38. The van der Waals surface area contributed by atoms with Gasteiger partial charge in [0, 0.05) is 37.9 Å². The molecule has 25 heavy (non-hydrogen) atoms. The molecule has 3 rings (SSSR count). The monoisotopic (exact) mass is 349 g/mol. The molecule has 3 nitrogen and oxygen atoms in total. The van der Waals surface area contributed by atoms with Crippen molar-refractivity contribution in [3.8, 4) is 0 Å². The van der Waals surface area contributed by atoms with Crippen molar-refractivity contribution in [1.29, 1.82) is 0 Å². The average Bonchev–Trinajstić information content (AvgIpc) is 2.73. The van der Waals surface area contributed by atoms with Gasteiger partial charge in [0.15, 0.2) is 0 Å². The second-order valence-electron chi connectivity index (χ2n) is 6.05. The van der Waals surface area contributed by atoms with E-state index in [1.54, 1.807) is 0 Å². The van der Waals surface area contributed by atoms with Gasteiger partial charge >= 0.3 is 0 Å². The third-order valence-electron chi connectivity index (χ3n) is 4.26. The van der Waals surface area contributed by atoms with Gasteiger partial charge in [0.25, 0.3) is 0 Å². The Morgan fingerprint density at radius 2 is 1.32 bits per heavy atom. The van der Waals surface area contributed by atoms with Gasteiger partial charge in [0.2, 0.25) is 0 Å². The van der Waals surface area contributed by atoms with Crippen molar-refractivity contribution in [1.82, 2.24) is 10.2 Å². The average molecular weight is 350 g/mol. The van der Waals surface area contributed by atoms with Gasteiger partial charge in [-0.1, -0.05) is 66.2 Å². The first kappa shape index (κ1) is 23.9. The van der Waals surface area contributed by atoms with Crippen LogP contribution in [0.4, 0.5) is 5.69 Å². The summed E-state index contributed by atoms with van der Waals surface area (Å²) < 4.78 is 0. The molecule has 1 aromatic rings. The molecular formula is C22H43N3. The number of nitrogens with zero attached hydrogens (tertiary/aromatic N) is 2. The van der Waals surface area contributed by atoms with E-state index in [4.69, 9.17) is 0 Å². The maximum Gasteiger partial charge on any atom is 0.0367 e. The van der Waals surface area contributed by atoms with Gasteiger partial charge in [-0.15, -0.1) is 0 Å². The lowest BCUT2D eigenvalue weighted by molar-refractivity contribution is 0.153. The highest BCUT2D eigenvalue weighted by Gasteiger charge is 2.24. The van der Waals surface area contributed by atoms with E-state index in [0.29, 0.717) is 0 Å². The summed E-state index contributed by atoms with van der Waals surface area (Å²) in [4.78, 5) is 5.21. The van der Waals surface area contributed by atoms with Crippen molar-refractivity contribution in [3.05, 3.63) is 30.3 Å². The van der Waals surface area contributed by atoms with Gasteiger partial charge in [0.1, 0.15) is 0 Å². The Bertz CT molecular complexity index is 366. The summed E-state index contributed by atoms with van der Waals surface area (Å²) in [5.74, 6) is 0. The van der Waals surface area contributed by atoms with Gasteiger partial charge in [0.05, 0.1) is 0 Å². The lowest BCUT2D eigenvalue weighted by atomic mass is 10.0. The van der Waals surface area contributed by atoms with E-state index in [-0.39, 0.29) is 0 Å². The van der Waals surface area contributed by atoms with Crippen molar-refractivity contribution in [2.24, 2.45) is 0 Å². The van der Waals surface area contributed by atoms with Crippen LogP contribution in [0.1, 0.15) is 60.8 Å². The molecule has 0 radical (unpaired) electrons. The highest BCUT2D eigenvalue weighted by atomic mass is 15.3. The Balaban J connectivity index is 0.000000728. The highest BCUT2D eigenvalue weighted by molar-refractivity contribution is 5.46. The second-order valence-corrected chi connectivity index (χ2v) is 6.05. The number of piperidine rings is 1. The second kappa shape index (κ2) is 16.4. The Morgan fingerprint density at radius 1 is 0.840 bits per heavy atom. The summed E-state index contributed by atoms with van der Waals surface area (Å²) in [5, 5.41) is 3.45. The van der Waals surface area contributed by atoms with Crippen molar-refractivity contribution in [3.63, 3.8) is 0 Å². The highest BCUT2D eigenvalue weighted by Crippen LogP contribution is 2.19. The third-order valence-corrected chi connectivity index (χ3v) is 4.26. The fourth-order valence-corrected chi connectivity index (χ4v) is 3.16. The Labute approximate surface area is 157 Å². The lowest BCUT2D eigenvalue weighted by Crippen LogP contribution is -2.52. The van der Waals surface area contributed by atoms with Crippen LogP contribution in [0.25, 0.3) is 0 Å². The van der Waals surface area contributed by atoms with E-state index in [1.165, 1.54) is 64.2 Å². The molecule has 0 amide bonds. The minimum atomic E-state index is 0.823. The molecule has 3 heteroatoms. The number of para-hydroxylation sites is 1. The first-order valence-electron chi connectivity index (χ1n) is 10.6. The first-order valence-corrected chi connectivity index (χ1v) is 10.6. The molecule has 1 N–H and O–H groups in total. The van der Waals surface area contributed by atoms with Crippen LogP contribution in [-0.2, 0) is 0 Å². The fraction of sp³-hybridized carbons (Fsp3) is 0.727. The van der Waals surface area contributed by atoms with Gasteiger partial charge in [-0.3, -0.25) is 4.90 Å². The maximum atomic E-state index is 3.45. The van der Waals surface area contributed by atoms with Crippen LogP contribution >= 0.6 is 0 Å². The predicted octanol–water partition coefficient (Wildman–Crippen LogP) is 5.03. The normalized spacial score (nSPS) is 17.9. The fourth-order valence-electron chi connectivity index (χ4n) is 3.16. The molecule has 0 saturated carbocycles. The maximum absolute atomic E-state index is 3.45. The van der Waals surface area contributed by atoms with Crippen LogP contribution in [0.3, 0.4) is 0 Å². The van der Waals surface area contributed by atoms with Crippen molar-refractivity contribution in [2.45, 2.75) is 66.8 Å². The summed E-state index contributed by atoms with van der Waals surface area (Å²) in [7, 11) is 0. The topological polar surface area (TPSA) is 18.5 Å². The van der Waals surface area contributed by atoms with Crippen molar-refractivity contribution >= 4 is 5.69 Å². The molecule has 0 unspecified atom stereocenters. The number of hydrogen-bond donors (Lipinski definition) is 1. The van der Waals surface area contributed by atoms with Crippen LogP contribution in [-0.4, -0.2) is 50.2 Å². The molecule has 0 aromatic heterocycles. The van der Waals surface area contributed by atoms with Crippen molar-refractivity contribution < 1.29 is 0 Å². The molecule has 0 aliphatic carbocycles. The first-order chi connectivity index (χ1) is 12.3. The van der Waals surface area contributed by atoms with Crippen LogP contribution in [0.5, 0.6) is 0 Å². The molecule has 2 fully saturated rings. The lowest BCUT2D eigenvalue weighted by Gasteiger charge is -2.41. The third kappa shape index (κ3) is 9.27. The van der Waals surface area contributed by atoms with Crippen LogP contribution in [0, 0.1) is 0 Å². The molecule has 2 heterocycles. The minimum Gasteiger partial charge on any atom is -0.369 e. The van der Waals surface area contributed by atoms with E-state index in [2.05, 4.69) is 59.3 Å². The molecule has 0 spiro atoms. The summed E-state index contributed by atoms with van der Waals surface area (Å²) in [6.07, 6.45) is 3.90. The Hall–Kier alpha value is -1.06. The molecule has 0 bridgehead atoms. The summed E-state index contributed by atoms with van der Waals surface area (Å²) >= 11 is 0. The predicted molar refractivity (Wildman–Crippen MR) is 115 cm³/mol. The standard InChI is InChI=1S/C15H23N3.C3H8.2C2H6/c1-2-4-14(5-3-1)17-10-12-18(13-11-17)15-6-8-16-9-7-15;1-3-2;2*1-2/h1-5,15-16H,6-13H2;3H2,1-2H3;2*1-2H3. The quantitative estimate of drug-likeness (QED) is 0.808. The Morgan fingerprint density at radius 3 is 1.80 bits per heavy atom.